The molecule has 0 bridgehead atoms. The fourth-order valence-electron chi connectivity index (χ4n) is 0.186. The molecule has 5 nitrogen and oxygen atoms in total. The first kappa shape index (κ1) is 8.19. The zero-order chi connectivity index (χ0) is 7.11. The van der Waals surface area contributed by atoms with Gasteiger partial charge in [0.2, 0.25) is 0 Å². The van der Waals surface area contributed by atoms with E-state index in [1.807, 2.05) is 0 Å². The van der Waals surface area contributed by atoms with Gasteiger partial charge in [0.25, 0.3) is 0 Å². The van der Waals surface area contributed by atoms with Gasteiger partial charge in [0.15, 0.2) is 6.79 Å². The Balaban J connectivity index is 2.97. The van der Waals surface area contributed by atoms with E-state index in [0.717, 1.165) is 0 Å². The van der Waals surface area contributed by atoms with E-state index in [4.69, 9.17) is 5.11 Å². The molecule has 0 heterocycles. The van der Waals surface area contributed by atoms with Gasteiger partial charge in [0.1, 0.15) is 6.79 Å². The second kappa shape index (κ2) is 5.33. The summed E-state index contributed by atoms with van der Waals surface area (Å²) in [6.07, 6.45) is -0.830. The maximum Gasteiger partial charge on any atom is 0.510 e. The SMILES string of the molecule is COC(=O)OCOCO. The first-order valence-electron chi connectivity index (χ1n) is 2.20. The van der Waals surface area contributed by atoms with Gasteiger partial charge in [-0.3, -0.25) is 0 Å². The summed E-state index contributed by atoms with van der Waals surface area (Å²) in [6, 6.07) is 0. The summed E-state index contributed by atoms with van der Waals surface area (Å²) in [6.45, 7) is -0.764. The van der Waals surface area contributed by atoms with Crippen molar-refractivity contribution in [3.05, 3.63) is 0 Å². The maximum atomic E-state index is 10.1. The molecule has 1 N–H and O–H groups in total. The Hall–Kier alpha value is -0.810. The van der Waals surface area contributed by atoms with Crippen LogP contribution in [0.5, 0.6) is 0 Å². The molecule has 0 aliphatic carbocycles. The second-order valence-electron chi connectivity index (χ2n) is 1.05. The molecule has 0 aromatic carbocycles. The molecule has 9 heavy (non-hydrogen) atoms. The van der Waals surface area contributed by atoms with Gasteiger partial charge in [-0.25, -0.2) is 4.79 Å². The topological polar surface area (TPSA) is 65.0 Å². The quantitative estimate of drug-likeness (QED) is 0.327. The Morgan fingerprint density at radius 2 is 2.33 bits per heavy atom. The monoisotopic (exact) mass is 136 g/mol. The molecule has 0 aliphatic rings. The lowest BCUT2D eigenvalue weighted by molar-refractivity contribution is -0.0924. The van der Waals surface area contributed by atoms with Crippen LogP contribution in [0.15, 0.2) is 0 Å². The van der Waals surface area contributed by atoms with Crippen molar-refractivity contribution in [1.29, 1.82) is 0 Å². The zero-order valence-electron chi connectivity index (χ0n) is 4.99. The summed E-state index contributed by atoms with van der Waals surface area (Å²) in [5.74, 6) is 0. The molecule has 0 radical (unpaired) electrons. The highest BCUT2D eigenvalue weighted by atomic mass is 16.8. The molecule has 0 atom stereocenters. The van der Waals surface area contributed by atoms with Crippen LogP contribution in [0.2, 0.25) is 0 Å². The summed E-state index contributed by atoms with van der Waals surface area (Å²) in [5, 5.41) is 8.00. The predicted molar refractivity (Wildman–Crippen MR) is 26.5 cm³/mol. The molecule has 0 saturated carbocycles. The first-order chi connectivity index (χ1) is 4.31. The van der Waals surface area contributed by atoms with Crippen molar-refractivity contribution in [2.24, 2.45) is 0 Å². The Morgan fingerprint density at radius 3 is 2.78 bits per heavy atom. The van der Waals surface area contributed by atoms with Crippen molar-refractivity contribution in [2.45, 2.75) is 0 Å². The van der Waals surface area contributed by atoms with Crippen molar-refractivity contribution < 1.29 is 24.1 Å². The van der Waals surface area contributed by atoms with E-state index in [-0.39, 0.29) is 6.79 Å². The molecule has 0 aromatic rings. The Kier molecular flexibility index (Phi) is 4.85. The molecule has 0 fully saturated rings. The van der Waals surface area contributed by atoms with Crippen molar-refractivity contribution in [2.75, 3.05) is 20.7 Å². The standard InChI is InChI=1S/C4H8O5/c1-7-4(6)9-3-8-2-5/h5H,2-3H2,1H3. The van der Waals surface area contributed by atoms with E-state index >= 15 is 0 Å². The molecule has 0 amide bonds. The van der Waals surface area contributed by atoms with Gasteiger partial charge in [-0.05, 0) is 0 Å². The van der Waals surface area contributed by atoms with E-state index in [9.17, 15) is 4.79 Å². The number of carbonyl (C=O) groups is 1. The highest BCUT2D eigenvalue weighted by Gasteiger charge is 1.96. The van der Waals surface area contributed by atoms with Crippen LogP contribution >= 0.6 is 0 Å². The van der Waals surface area contributed by atoms with Gasteiger partial charge >= 0.3 is 6.16 Å². The van der Waals surface area contributed by atoms with E-state index in [1.165, 1.54) is 7.11 Å². The van der Waals surface area contributed by atoms with Gasteiger partial charge < -0.3 is 19.3 Å². The maximum absolute atomic E-state index is 10.1. The Morgan fingerprint density at radius 1 is 1.67 bits per heavy atom. The summed E-state index contributed by atoms with van der Waals surface area (Å²) < 4.78 is 12.5. The lowest BCUT2D eigenvalue weighted by Crippen LogP contribution is -2.08. The van der Waals surface area contributed by atoms with E-state index in [0.29, 0.717) is 0 Å². The molecule has 0 saturated heterocycles. The number of aliphatic hydroxyl groups excluding tert-OH is 1. The number of rotatable bonds is 3. The number of hydrogen-bond acceptors (Lipinski definition) is 5. The molecule has 0 unspecified atom stereocenters. The van der Waals surface area contributed by atoms with Crippen molar-refractivity contribution in [1.82, 2.24) is 0 Å². The lowest BCUT2D eigenvalue weighted by Gasteiger charge is -2.00. The lowest BCUT2D eigenvalue weighted by atomic mass is 11.2. The number of aliphatic hydroxyl groups is 1. The van der Waals surface area contributed by atoms with Crippen LogP contribution in [0.25, 0.3) is 0 Å². The van der Waals surface area contributed by atoms with Crippen molar-refractivity contribution in [3.8, 4) is 0 Å². The average Bonchev–Trinajstić information content (AvgIpc) is 1.89. The fraction of sp³-hybridized carbons (Fsp3) is 0.750. The summed E-state index contributed by atoms with van der Waals surface area (Å²) in [5.41, 5.74) is 0. The zero-order valence-corrected chi connectivity index (χ0v) is 4.99. The molecule has 5 heteroatoms. The fourth-order valence-corrected chi connectivity index (χ4v) is 0.186. The minimum Gasteiger partial charge on any atom is -0.438 e. The van der Waals surface area contributed by atoms with Crippen molar-refractivity contribution >= 4 is 6.16 Å². The third kappa shape index (κ3) is 5.05. The first-order valence-corrected chi connectivity index (χ1v) is 2.20. The van der Waals surface area contributed by atoms with Crippen LogP contribution in [0.1, 0.15) is 0 Å². The van der Waals surface area contributed by atoms with Crippen LogP contribution in [0.3, 0.4) is 0 Å². The van der Waals surface area contributed by atoms with E-state index < -0.39 is 12.9 Å². The molecule has 54 valence electrons. The summed E-state index contributed by atoms with van der Waals surface area (Å²) in [4.78, 5) is 10.1. The highest BCUT2D eigenvalue weighted by Crippen LogP contribution is 1.81. The highest BCUT2D eigenvalue weighted by molar-refractivity contribution is 5.59. The van der Waals surface area contributed by atoms with Crippen LogP contribution in [-0.2, 0) is 14.2 Å². The second-order valence-corrected chi connectivity index (χ2v) is 1.05. The van der Waals surface area contributed by atoms with Crippen molar-refractivity contribution in [3.63, 3.8) is 0 Å². The summed E-state index contributed by atoms with van der Waals surface area (Å²) in [7, 11) is 1.18. The van der Waals surface area contributed by atoms with Gasteiger partial charge in [-0.15, -0.1) is 0 Å². The number of carbonyl (C=O) groups excluding carboxylic acids is 1. The Bertz CT molecular complexity index is 81.0. The van der Waals surface area contributed by atoms with Gasteiger partial charge in [0, 0.05) is 0 Å². The molecular formula is C4H8O5. The molecule has 0 spiro atoms. The third-order valence-electron chi connectivity index (χ3n) is 0.518. The molecule has 0 rings (SSSR count). The number of hydrogen-bond donors (Lipinski definition) is 1. The summed E-state index contributed by atoms with van der Waals surface area (Å²) >= 11 is 0. The smallest absolute Gasteiger partial charge is 0.438 e. The van der Waals surface area contributed by atoms with Crippen LogP contribution < -0.4 is 0 Å². The minimum atomic E-state index is -0.830. The van der Waals surface area contributed by atoms with Crippen LogP contribution in [0, 0.1) is 0 Å². The largest absolute Gasteiger partial charge is 0.510 e. The molecule has 0 aromatic heterocycles. The van der Waals surface area contributed by atoms with E-state index in [2.05, 4.69) is 14.2 Å². The number of methoxy groups -OCH3 is 1. The minimum absolute atomic E-state index is 0.289. The number of ether oxygens (including phenoxy) is 3. The van der Waals surface area contributed by atoms with Crippen LogP contribution in [0.4, 0.5) is 4.79 Å². The third-order valence-corrected chi connectivity index (χ3v) is 0.518. The molecular weight excluding hydrogens is 128 g/mol. The normalized spacial score (nSPS) is 8.67. The van der Waals surface area contributed by atoms with Gasteiger partial charge in [0.05, 0.1) is 7.11 Å². The Labute approximate surface area is 52.1 Å². The molecule has 0 aliphatic heterocycles. The van der Waals surface area contributed by atoms with E-state index in [1.54, 1.807) is 0 Å². The van der Waals surface area contributed by atoms with Crippen LogP contribution in [-0.4, -0.2) is 32.0 Å². The predicted octanol–water partition coefficient (Wildman–Crippen LogP) is -0.307. The average molecular weight is 136 g/mol. The van der Waals surface area contributed by atoms with Gasteiger partial charge in [-0.1, -0.05) is 0 Å². The van der Waals surface area contributed by atoms with Gasteiger partial charge in [-0.2, -0.15) is 0 Å².